The highest BCUT2D eigenvalue weighted by atomic mass is 16.1. The van der Waals surface area contributed by atoms with Gasteiger partial charge in [0.1, 0.15) is 0 Å². The molecule has 1 aromatic rings. The number of carbonyl (C=O) groups excluding carboxylic acids is 1. The second-order valence-electron chi connectivity index (χ2n) is 4.63. The Morgan fingerprint density at radius 3 is 2.44 bits per heavy atom. The highest BCUT2D eigenvalue weighted by Crippen LogP contribution is 2.28. The number of benzene rings is 1. The number of primary amides is 1. The van der Waals surface area contributed by atoms with Crippen molar-refractivity contribution in [2.45, 2.75) is 24.9 Å². The van der Waals surface area contributed by atoms with Crippen LogP contribution in [0.5, 0.6) is 0 Å². The first-order chi connectivity index (χ1) is 8.72. The number of likely N-dealkylation sites (tertiary alicyclic amines) is 1. The molecule has 0 aliphatic carbocycles. The molecular weight excluding hydrogens is 226 g/mol. The molecule has 1 aromatic carbocycles. The molecule has 0 aromatic heterocycles. The quantitative estimate of drug-likeness (QED) is 0.820. The average Bonchev–Trinajstić information content (AvgIpc) is 2.41. The fraction of sp³-hybridized carbons (Fsp3) is 0.429. The van der Waals surface area contributed by atoms with E-state index in [4.69, 9.17) is 12.3 Å². The summed E-state index contributed by atoms with van der Waals surface area (Å²) in [5, 5.41) is 0. The number of hydrogen-bond acceptors (Lipinski definition) is 2. The van der Waals surface area contributed by atoms with Crippen molar-refractivity contribution in [2.24, 2.45) is 5.73 Å². The molecule has 4 heteroatoms. The van der Waals surface area contributed by atoms with Crippen molar-refractivity contribution >= 4 is 5.91 Å². The van der Waals surface area contributed by atoms with E-state index in [1.54, 1.807) is 0 Å². The SMILES string of the molecule is [C-]#[N+]C(C(N)=O)N1CCC(c2ccccc2)CC1. The summed E-state index contributed by atoms with van der Waals surface area (Å²) in [5.41, 5.74) is 6.57. The summed E-state index contributed by atoms with van der Waals surface area (Å²) in [6.07, 6.45) is 1.16. The molecule has 18 heavy (non-hydrogen) atoms. The Kier molecular flexibility index (Phi) is 3.96. The molecule has 1 saturated heterocycles. The van der Waals surface area contributed by atoms with Crippen LogP contribution in [0.2, 0.25) is 0 Å². The van der Waals surface area contributed by atoms with Gasteiger partial charge in [0.05, 0.1) is 0 Å². The summed E-state index contributed by atoms with van der Waals surface area (Å²) in [7, 11) is 0. The van der Waals surface area contributed by atoms with Gasteiger partial charge in [-0.3, -0.25) is 9.64 Å². The third kappa shape index (κ3) is 2.69. The summed E-state index contributed by atoms with van der Waals surface area (Å²) in [6, 6.07) is 10.4. The molecule has 1 amide bonds. The normalized spacial score (nSPS) is 19.1. The fourth-order valence-corrected chi connectivity index (χ4v) is 2.53. The fourth-order valence-electron chi connectivity index (χ4n) is 2.53. The van der Waals surface area contributed by atoms with Gasteiger partial charge in [-0.2, -0.15) is 0 Å². The lowest BCUT2D eigenvalue weighted by Gasteiger charge is -2.31. The van der Waals surface area contributed by atoms with Crippen LogP contribution in [0.4, 0.5) is 0 Å². The molecule has 0 spiro atoms. The molecule has 2 N–H and O–H groups in total. The predicted molar refractivity (Wildman–Crippen MR) is 69.6 cm³/mol. The van der Waals surface area contributed by atoms with Gasteiger partial charge < -0.3 is 5.73 Å². The van der Waals surface area contributed by atoms with E-state index in [0.717, 1.165) is 25.9 Å². The van der Waals surface area contributed by atoms with Gasteiger partial charge in [-0.05, 0) is 24.3 Å². The lowest BCUT2D eigenvalue weighted by atomic mass is 9.89. The van der Waals surface area contributed by atoms with Gasteiger partial charge in [0, 0.05) is 13.1 Å². The number of hydrogen-bond donors (Lipinski definition) is 1. The van der Waals surface area contributed by atoms with Gasteiger partial charge in [-0.25, -0.2) is 11.5 Å². The Balaban J connectivity index is 1.97. The Hall–Kier alpha value is -1.86. The van der Waals surface area contributed by atoms with Crippen molar-refractivity contribution in [1.29, 1.82) is 0 Å². The lowest BCUT2D eigenvalue weighted by molar-refractivity contribution is -0.122. The summed E-state index contributed by atoms with van der Waals surface area (Å²) < 4.78 is 0. The molecule has 1 atom stereocenters. The van der Waals surface area contributed by atoms with Crippen LogP contribution in [0.25, 0.3) is 4.85 Å². The maximum Gasteiger partial charge on any atom is 0.357 e. The largest absolute Gasteiger partial charge is 0.362 e. The Morgan fingerprint density at radius 1 is 1.33 bits per heavy atom. The van der Waals surface area contributed by atoms with Crippen LogP contribution in [0.1, 0.15) is 24.3 Å². The molecule has 1 aliphatic rings. The first-order valence-corrected chi connectivity index (χ1v) is 6.17. The zero-order valence-corrected chi connectivity index (χ0v) is 10.2. The maximum absolute atomic E-state index is 11.1. The topological polar surface area (TPSA) is 50.7 Å². The highest BCUT2D eigenvalue weighted by molar-refractivity contribution is 5.81. The number of carbonyl (C=O) groups is 1. The number of piperidine rings is 1. The summed E-state index contributed by atoms with van der Waals surface area (Å²) in [4.78, 5) is 16.3. The van der Waals surface area contributed by atoms with Crippen LogP contribution in [0.15, 0.2) is 30.3 Å². The molecule has 1 unspecified atom stereocenters. The van der Waals surface area contributed by atoms with Crippen molar-refractivity contribution in [3.05, 3.63) is 47.3 Å². The number of amides is 1. The predicted octanol–water partition coefficient (Wildman–Crippen LogP) is 1.60. The van der Waals surface area contributed by atoms with Gasteiger partial charge >= 0.3 is 12.1 Å². The monoisotopic (exact) mass is 243 g/mol. The number of rotatable bonds is 3. The van der Waals surface area contributed by atoms with E-state index in [9.17, 15) is 4.79 Å². The van der Waals surface area contributed by atoms with Gasteiger partial charge in [0.15, 0.2) is 0 Å². The van der Waals surface area contributed by atoms with Crippen molar-refractivity contribution in [2.75, 3.05) is 13.1 Å². The Bertz CT molecular complexity index is 444. The minimum absolute atomic E-state index is 0.529. The second-order valence-corrected chi connectivity index (χ2v) is 4.63. The molecule has 1 aliphatic heterocycles. The molecular formula is C14H17N3O. The van der Waals surface area contributed by atoms with Gasteiger partial charge in [-0.15, -0.1) is 0 Å². The van der Waals surface area contributed by atoms with E-state index < -0.39 is 12.1 Å². The first-order valence-electron chi connectivity index (χ1n) is 6.17. The second kappa shape index (κ2) is 5.65. The minimum atomic E-state index is -0.790. The maximum atomic E-state index is 11.1. The first kappa shape index (κ1) is 12.6. The van der Waals surface area contributed by atoms with Crippen LogP contribution >= 0.6 is 0 Å². The van der Waals surface area contributed by atoms with E-state index in [0.29, 0.717) is 5.92 Å². The molecule has 0 radical (unpaired) electrons. The van der Waals surface area contributed by atoms with Crippen LogP contribution in [0, 0.1) is 6.57 Å². The van der Waals surface area contributed by atoms with E-state index in [-0.39, 0.29) is 0 Å². The van der Waals surface area contributed by atoms with Crippen LogP contribution in [-0.2, 0) is 4.79 Å². The van der Waals surface area contributed by atoms with E-state index in [1.807, 2.05) is 23.1 Å². The molecule has 1 fully saturated rings. The summed E-state index contributed by atoms with van der Waals surface area (Å²) >= 11 is 0. The zero-order chi connectivity index (χ0) is 13.0. The van der Waals surface area contributed by atoms with Crippen molar-refractivity contribution in [3.8, 4) is 0 Å². The molecule has 0 bridgehead atoms. The molecule has 94 valence electrons. The summed E-state index contributed by atoms with van der Waals surface area (Å²) in [6.45, 7) is 8.54. The molecule has 1 heterocycles. The van der Waals surface area contributed by atoms with Crippen molar-refractivity contribution < 1.29 is 4.79 Å². The number of nitrogens with zero attached hydrogens (tertiary/aromatic N) is 2. The molecule has 4 nitrogen and oxygen atoms in total. The van der Waals surface area contributed by atoms with Gasteiger partial charge in [0.2, 0.25) is 0 Å². The Morgan fingerprint density at radius 2 is 1.94 bits per heavy atom. The van der Waals surface area contributed by atoms with E-state index in [2.05, 4.69) is 17.0 Å². The smallest absolute Gasteiger partial charge is 0.357 e. The molecule has 2 rings (SSSR count). The van der Waals surface area contributed by atoms with Crippen LogP contribution in [-0.4, -0.2) is 30.1 Å². The zero-order valence-electron chi connectivity index (χ0n) is 10.2. The van der Waals surface area contributed by atoms with E-state index in [1.165, 1.54) is 5.56 Å². The van der Waals surface area contributed by atoms with Crippen LogP contribution in [0.3, 0.4) is 0 Å². The number of nitrogens with two attached hydrogens (primary N) is 1. The minimum Gasteiger partial charge on any atom is -0.362 e. The van der Waals surface area contributed by atoms with Crippen LogP contribution < -0.4 is 5.73 Å². The van der Waals surface area contributed by atoms with Gasteiger partial charge in [0.25, 0.3) is 0 Å². The van der Waals surface area contributed by atoms with Crippen molar-refractivity contribution in [3.63, 3.8) is 0 Å². The third-order valence-electron chi connectivity index (χ3n) is 3.52. The van der Waals surface area contributed by atoms with Crippen molar-refractivity contribution in [1.82, 2.24) is 4.90 Å². The Labute approximate surface area is 107 Å². The summed E-state index contributed by atoms with van der Waals surface area (Å²) in [5.74, 6) is -0.00938. The van der Waals surface area contributed by atoms with Gasteiger partial charge in [-0.1, -0.05) is 30.3 Å². The standard InChI is InChI=1S/C14H17N3O/c1-16-14(13(15)18)17-9-7-12(8-10-17)11-5-3-2-4-6-11/h2-6,12,14H,7-10H2,(H2,15,18). The third-order valence-corrected chi connectivity index (χ3v) is 3.52. The molecule has 0 saturated carbocycles. The highest BCUT2D eigenvalue weighted by Gasteiger charge is 2.32. The average molecular weight is 243 g/mol. The lowest BCUT2D eigenvalue weighted by Crippen LogP contribution is -2.46. The van der Waals surface area contributed by atoms with E-state index >= 15 is 0 Å².